The molecule has 0 aromatic heterocycles. The van der Waals surface area contributed by atoms with Crippen LogP contribution in [0.4, 0.5) is 23.2 Å². The smallest absolute Gasteiger partial charge is 0.232 e. The fraction of sp³-hybridized carbons (Fsp3) is 0.222. The van der Waals surface area contributed by atoms with Gasteiger partial charge in [-0.2, -0.15) is 13.2 Å². The first kappa shape index (κ1) is 12.0. The SMILES string of the molecule is Cc1cc(N=C(Cl)C(F)(F)F)ccc1F. The molecule has 0 N–H and O–H groups in total. The second-order valence-electron chi connectivity index (χ2n) is 2.83. The lowest BCUT2D eigenvalue weighted by Gasteiger charge is -2.03. The van der Waals surface area contributed by atoms with E-state index in [0.29, 0.717) is 0 Å². The third-order valence-electron chi connectivity index (χ3n) is 1.60. The first-order chi connectivity index (χ1) is 6.80. The first-order valence-corrected chi connectivity index (χ1v) is 4.26. The van der Waals surface area contributed by atoms with Gasteiger partial charge < -0.3 is 0 Å². The van der Waals surface area contributed by atoms with Gasteiger partial charge in [-0.05, 0) is 30.7 Å². The highest BCUT2D eigenvalue weighted by atomic mass is 35.5. The average Bonchev–Trinajstić information content (AvgIpc) is 2.10. The lowest BCUT2D eigenvalue weighted by molar-refractivity contribution is -0.0558. The predicted octanol–water partition coefficient (Wildman–Crippen LogP) is 3.97. The Morgan fingerprint density at radius 1 is 1.33 bits per heavy atom. The van der Waals surface area contributed by atoms with Crippen LogP contribution in [0.15, 0.2) is 23.2 Å². The van der Waals surface area contributed by atoms with Crippen LogP contribution < -0.4 is 0 Å². The molecule has 1 aromatic rings. The van der Waals surface area contributed by atoms with Gasteiger partial charge in [-0.1, -0.05) is 11.6 Å². The molecule has 0 atom stereocenters. The minimum absolute atomic E-state index is 0.0313. The second kappa shape index (κ2) is 4.18. The summed E-state index contributed by atoms with van der Waals surface area (Å²) in [5.41, 5.74) is 0.180. The van der Waals surface area contributed by atoms with Crippen molar-refractivity contribution in [3.8, 4) is 0 Å². The van der Waals surface area contributed by atoms with Gasteiger partial charge in [0.2, 0.25) is 5.17 Å². The number of benzene rings is 1. The molecule has 0 unspecified atom stereocenters. The maximum absolute atomic E-state index is 12.8. The third kappa shape index (κ3) is 3.20. The lowest BCUT2D eigenvalue weighted by Crippen LogP contribution is -2.16. The molecular formula is C9H6ClF4N. The van der Waals surface area contributed by atoms with E-state index in [-0.39, 0.29) is 11.3 Å². The van der Waals surface area contributed by atoms with E-state index in [1.165, 1.54) is 13.0 Å². The molecule has 82 valence electrons. The number of rotatable bonds is 1. The zero-order valence-corrected chi connectivity index (χ0v) is 8.33. The molecule has 0 saturated heterocycles. The van der Waals surface area contributed by atoms with Crippen LogP contribution >= 0.6 is 11.6 Å². The van der Waals surface area contributed by atoms with Gasteiger partial charge in [-0.25, -0.2) is 9.38 Å². The number of nitrogens with zero attached hydrogens (tertiary/aromatic N) is 1. The summed E-state index contributed by atoms with van der Waals surface area (Å²) in [5, 5.41) is -1.48. The van der Waals surface area contributed by atoms with Gasteiger partial charge in [0.1, 0.15) is 5.82 Å². The van der Waals surface area contributed by atoms with Crippen molar-refractivity contribution in [1.29, 1.82) is 0 Å². The number of hydrogen-bond acceptors (Lipinski definition) is 1. The Balaban J connectivity index is 3.04. The van der Waals surface area contributed by atoms with Crippen molar-refractivity contribution >= 4 is 22.5 Å². The van der Waals surface area contributed by atoms with E-state index in [1.54, 1.807) is 0 Å². The van der Waals surface area contributed by atoms with Crippen molar-refractivity contribution < 1.29 is 17.6 Å². The fourth-order valence-electron chi connectivity index (χ4n) is 0.875. The van der Waals surface area contributed by atoms with Crippen LogP contribution in [0.5, 0.6) is 0 Å². The Labute approximate surface area is 88.4 Å². The monoisotopic (exact) mass is 239 g/mol. The Morgan fingerprint density at radius 3 is 2.40 bits per heavy atom. The molecule has 0 bridgehead atoms. The van der Waals surface area contributed by atoms with Crippen LogP contribution in [0.1, 0.15) is 5.56 Å². The van der Waals surface area contributed by atoms with Gasteiger partial charge in [0, 0.05) is 0 Å². The third-order valence-corrected chi connectivity index (χ3v) is 1.90. The highest BCUT2D eigenvalue weighted by Gasteiger charge is 2.34. The van der Waals surface area contributed by atoms with Crippen molar-refractivity contribution in [2.24, 2.45) is 4.99 Å². The minimum atomic E-state index is -4.68. The van der Waals surface area contributed by atoms with Crippen LogP contribution in [-0.2, 0) is 0 Å². The maximum atomic E-state index is 12.8. The molecule has 0 aliphatic heterocycles. The summed E-state index contributed by atoms with van der Waals surface area (Å²) in [6.45, 7) is 1.43. The highest BCUT2D eigenvalue weighted by molar-refractivity contribution is 6.67. The summed E-state index contributed by atoms with van der Waals surface area (Å²) in [6, 6.07) is 3.34. The van der Waals surface area contributed by atoms with Crippen LogP contribution in [0.2, 0.25) is 0 Å². The summed E-state index contributed by atoms with van der Waals surface area (Å²) >= 11 is 4.91. The largest absolute Gasteiger partial charge is 0.444 e. The summed E-state index contributed by atoms with van der Waals surface area (Å²) in [7, 11) is 0. The van der Waals surface area contributed by atoms with Gasteiger partial charge in [-0.3, -0.25) is 0 Å². The Kier molecular flexibility index (Phi) is 3.34. The molecule has 0 spiro atoms. The molecule has 0 aliphatic rings. The van der Waals surface area contributed by atoms with E-state index in [2.05, 4.69) is 4.99 Å². The van der Waals surface area contributed by atoms with Gasteiger partial charge in [0.25, 0.3) is 0 Å². The van der Waals surface area contributed by atoms with Gasteiger partial charge in [0.15, 0.2) is 0 Å². The van der Waals surface area contributed by atoms with E-state index in [1.807, 2.05) is 0 Å². The number of alkyl halides is 3. The van der Waals surface area contributed by atoms with Crippen LogP contribution in [-0.4, -0.2) is 11.3 Å². The molecule has 0 aliphatic carbocycles. The number of aryl methyl sites for hydroxylation is 1. The predicted molar refractivity (Wildman–Crippen MR) is 50.1 cm³/mol. The molecule has 6 heteroatoms. The quantitative estimate of drug-likeness (QED) is 0.519. The van der Waals surface area contributed by atoms with E-state index in [4.69, 9.17) is 11.6 Å². The summed E-state index contributed by atoms with van der Waals surface area (Å²) < 4.78 is 48.7. The summed E-state index contributed by atoms with van der Waals surface area (Å²) in [4.78, 5) is 3.12. The number of aliphatic imine (C=N–C) groups is 1. The van der Waals surface area contributed by atoms with E-state index < -0.39 is 17.2 Å². The summed E-state index contributed by atoms with van der Waals surface area (Å²) in [6.07, 6.45) is -4.68. The molecule has 15 heavy (non-hydrogen) atoms. The maximum Gasteiger partial charge on any atom is 0.444 e. The summed E-state index contributed by atoms with van der Waals surface area (Å²) in [5.74, 6) is -0.503. The van der Waals surface area contributed by atoms with Crippen molar-refractivity contribution in [1.82, 2.24) is 0 Å². The molecule has 0 saturated carbocycles. The van der Waals surface area contributed by atoms with Crippen LogP contribution in [0.25, 0.3) is 0 Å². The standard InChI is InChI=1S/C9H6ClF4N/c1-5-4-6(2-3-7(5)11)15-8(10)9(12,13)14/h2-4H,1H3. The average molecular weight is 240 g/mol. The topological polar surface area (TPSA) is 12.4 Å². The number of hydrogen-bond donors (Lipinski definition) is 0. The molecule has 1 nitrogen and oxygen atoms in total. The zero-order valence-electron chi connectivity index (χ0n) is 7.57. The Bertz CT molecular complexity index is 398. The van der Waals surface area contributed by atoms with Crippen LogP contribution in [0.3, 0.4) is 0 Å². The van der Waals surface area contributed by atoms with Crippen molar-refractivity contribution in [3.05, 3.63) is 29.6 Å². The van der Waals surface area contributed by atoms with Gasteiger partial charge >= 0.3 is 6.18 Å². The molecular weight excluding hydrogens is 234 g/mol. The van der Waals surface area contributed by atoms with E-state index in [9.17, 15) is 17.6 Å². The fourth-order valence-corrected chi connectivity index (χ4v) is 0.973. The lowest BCUT2D eigenvalue weighted by atomic mass is 10.2. The first-order valence-electron chi connectivity index (χ1n) is 3.88. The molecule has 0 amide bonds. The van der Waals surface area contributed by atoms with Crippen LogP contribution in [0, 0.1) is 12.7 Å². The molecule has 0 heterocycles. The Morgan fingerprint density at radius 2 is 1.93 bits per heavy atom. The van der Waals surface area contributed by atoms with Crippen molar-refractivity contribution in [2.45, 2.75) is 13.1 Å². The molecule has 1 rings (SSSR count). The Hall–Kier alpha value is -1.10. The van der Waals surface area contributed by atoms with Gasteiger partial charge in [-0.15, -0.1) is 0 Å². The molecule has 1 aromatic carbocycles. The second-order valence-corrected chi connectivity index (χ2v) is 3.19. The van der Waals surface area contributed by atoms with Crippen molar-refractivity contribution in [2.75, 3.05) is 0 Å². The molecule has 0 fully saturated rings. The normalized spacial score (nSPS) is 13.1. The zero-order chi connectivity index (χ0) is 11.6. The minimum Gasteiger partial charge on any atom is -0.232 e. The highest BCUT2D eigenvalue weighted by Crippen LogP contribution is 2.24. The van der Waals surface area contributed by atoms with E-state index in [0.717, 1.165) is 12.1 Å². The number of halogens is 5. The van der Waals surface area contributed by atoms with Crippen molar-refractivity contribution in [3.63, 3.8) is 0 Å². The van der Waals surface area contributed by atoms with E-state index >= 15 is 0 Å². The van der Waals surface area contributed by atoms with Gasteiger partial charge in [0.05, 0.1) is 5.69 Å². The molecule has 0 radical (unpaired) electrons.